The van der Waals surface area contributed by atoms with Crippen molar-refractivity contribution < 1.29 is 39.5 Å². The van der Waals surface area contributed by atoms with Crippen LogP contribution in [0.1, 0.15) is 58.3 Å². The van der Waals surface area contributed by atoms with Crippen molar-refractivity contribution >= 4 is 22.6 Å². The Hall–Kier alpha value is -0.160. The van der Waals surface area contributed by atoms with Crippen molar-refractivity contribution in [2.75, 3.05) is 0 Å². The van der Waals surface area contributed by atoms with Crippen LogP contribution in [0.5, 0.6) is 0 Å². The quantitative estimate of drug-likeness (QED) is 0.163. The van der Waals surface area contributed by atoms with Gasteiger partial charge in [0, 0.05) is 0 Å². The van der Waals surface area contributed by atoms with E-state index in [1.165, 1.54) is 22.6 Å². The van der Waals surface area contributed by atoms with E-state index < -0.39 is 33.6 Å². The summed E-state index contributed by atoms with van der Waals surface area (Å²) in [6, 6.07) is 0. The molecule has 10 heteroatoms. The number of rotatable bonds is 10. The molecule has 0 saturated carbocycles. The van der Waals surface area contributed by atoms with E-state index in [2.05, 4.69) is 0 Å². The van der Waals surface area contributed by atoms with Crippen LogP contribution in [0.4, 0.5) is 39.5 Å². The van der Waals surface area contributed by atoms with Gasteiger partial charge in [0.25, 0.3) is 5.67 Å². The average Bonchev–Trinajstić information content (AvgIpc) is 2.43. The van der Waals surface area contributed by atoms with Crippen molar-refractivity contribution in [3.05, 3.63) is 9.66 Å². The standard InChI is InChI=1S/C15H20F9I/c1-2-3-4-5-6-7-8-9-11(25)10-12(16,14(19,20)21)13(17,18)15(22,23)24/h10H,2-9H2,1H3. The summed E-state index contributed by atoms with van der Waals surface area (Å²) in [4.78, 5) is 0. The maximum absolute atomic E-state index is 13.9. The molecule has 0 saturated heterocycles. The zero-order valence-corrected chi connectivity index (χ0v) is 15.7. The molecule has 0 aliphatic heterocycles. The van der Waals surface area contributed by atoms with Gasteiger partial charge in [0.05, 0.1) is 0 Å². The molecule has 0 heterocycles. The number of hydrogen-bond donors (Lipinski definition) is 0. The summed E-state index contributed by atoms with van der Waals surface area (Å²) in [5.74, 6) is -6.57. The van der Waals surface area contributed by atoms with Crippen LogP contribution >= 0.6 is 22.6 Å². The van der Waals surface area contributed by atoms with E-state index in [9.17, 15) is 39.5 Å². The maximum Gasteiger partial charge on any atom is 0.457 e. The van der Waals surface area contributed by atoms with Crippen molar-refractivity contribution in [2.45, 2.75) is 82.2 Å². The second-order valence-corrected chi connectivity index (χ2v) is 7.13. The summed E-state index contributed by atoms with van der Waals surface area (Å²) >= 11 is 1.17. The highest BCUT2D eigenvalue weighted by molar-refractivity contribution is 14.1. The lowest BCUT2D eigenvalue weighted by Crippen LogP contribution is -2.61. The van der Waals surface area contributed by atoms with Crippen LogP contribution in [0.2, 0.25) is 0 Å². The Balaban J connectivity index is 5.00. The van der Waals surface area contributed by atoms with Gasteiger partial charge in [0.1, 0.15) is 0 Å². The van der Waals surface area contributed by atoms with E-state index in [-0.39, 0.29) is 12.8 Å². The molecule has 0 aromatic heterocycles. The van der Waals surface area contributed by atoms with Gasteiger partial charge in [-0.3, -0.25) is 0 Å². The Morgan fingerprint density at radius 1 is 0.720 bits per heavy atom. The van der Waals surface area contributed by atoms with Crippen molar-refractivity contribution in [1.82, 2.24) is 0 Å². The van der Waals surface area contributed by atoms with Gasteiger partial charge in [-0.2, -0.15) is 35.1 Å². The highest BCUT2D eigenvalue weighted by atomic mass is 127. The Morgan fingerprint density at radius 2 is 1.16 bits per heavy atom. The van der Waals surface area contributed by atoms with Gasteiger partial charge < -0.3 is 0 Å². The number of halogens is 10. The largest absolute Gasteiger partial charge is 0.457 e. The summed E-state index contributed by atoms with van der Waals surface area (Å²) in [5.41, 5.74) is -5.80. The summed E-state index contributed by atoms with van der Waals surface area (Å²) in [6.45, 7) is 2.02. The predicted octanol–water partition coefficient (Wildman–Crippen LogP) is 7.91. The first-order valence-corrected chi connectivity index (χ1v) is 8.86. The molecule has 0 nitrogen and oxygen atoms in total. The Morgan fingerprint density at radius 3 is 1.56 bits per heavy atom. The first-order chi connectivity index (χ1) is 11.2. The van der Waals surface area contributed by atoms with Crippen LogP contribution in [0.15, 0.2) is 9.66 Å². The fraction of sp³-hybridized carbons (Fsp3) is 0.867. The molecule has 0 rings (SSSR count). The normalized spacial score (nSPS) is 16.8. The van der Waals surface area contributed by atoms with Crippen LogP contribution in [0.3, 0.4) is 0 Å². The second kappa shape index (κ2) is 9.68. The van der Waals surface area contributed by atoms with E-state index in [0.29, 0.717) is 6.42 Å². The van der Waals surface area contributed by atoms with Crippen molar-refractivity contribution in [1.29, 1.82) is 0 Å². The van der Waals surface area contributed by atoms with E-state index in [1.54, 1.807) is 0 Å². The molecule has 0 amide bonds. The van der Waals surface area contributed by atoms with Crippen LogP contribution in [-0.2, 0) is 0 Å². The third-order valence-electron chi connectivity index (χ3n) is 3.60. The van der Waals surface area contributed by atoms with Crippen LogP contribution in [0, 0.1) is 0 Å². The molecule has 1 unspecified atom stereocenters. The first-order valence-electron chi connectivity index (χ1n) is 7.78. The first kappa shape index (κ1) is 24.8. The zero-order valence-electron chi connectivity index (χ0n) is 13.5. The summed E-state index contributed by atoms with van der Waals surface area (Å²) in [5, 5.41) is 0. The predicted molar refractivity (Wildman–Crippen MR) is 85.6 cm³/mol. The Bertz CT molecular complexity index is 426. The van der Waals surface area contributed by atoms with E-state index in [4.69, 9.17) is 0 Å². The molecule has 0 radical (unpaired) electrons. The highest BCUT2D eigenvalue weighted by Gasteiger charge is 2.80. The molecule has 0 aromatic rings. The fourth-order valence-electron chi connectivity index (χ4n) is 2.10. The summed E-state index contributed by atoms with van der Waals surface area (Å²) in [6.07, 6.45) is -8.31. The number of alkyl halides is 9. The molecule has 0 aliphatic carbocycles. The van der Waals surface area contributed by atoms with Gasteiger partial charge in [0.15, 0.2) is 0 Å². The smallest absolute Gasteiger partial charge is 0.222 e. The molecular weight excluding hydrogens is 478 g/mol. The van der Waals surface area contributed by atoms with Crippen molar-refractivity contribution in [3.8, 4) is 0 Å². The minimum absolute atomic E-state index is 0.190. The number of hydrogen-bond acceptors (Lipinski definition) is 0. The maximum atomic E-state index is 13.9. The molecule has 0 aliphatic rings. The molecular formula is C15H20F9I. The van der Waals surface area contributed by atoms with Crippen molar-refractivity contribution in [3.63, 3.8) is 0 Å². The lowest BCUT2D eigenvalue weighted by atomic mass is 9.94. The van der Waals surface area contributed by atoms with Gasteiger partial charge >= 0.3 is 18.3 Å². The highest BCUT2D eigenvalue weighted by Crippen LogP contribution is 2.54. The molecule has 0 aromatic carbocycles. The SMILES string of the molecule is CCCCCCCCCC(I)=CC(F)(C(F)(F)F)C(F)(F)C(F)(F)F. The zero-order chi connectivity index (χ0) is 19.9. The van der Waals surface area contributed by atoms with Gasteiger partial charge in [0.2, 0.25) is 0 Å². The summed E-state index contributed by atoms with van der Waals surface area (Å²) in [7, 11) is 0. The van der Waals surface area contributed by atoms with E-state index in [0.717, 1.165) is 32.1 Å². The van der Waals surface area contributed by atoms with Gasteiger partial charge in [-0.05, 0) is 45.1 Å². The molecule has 0 fully saturated rings. The van der Waals surface area contributed by atoms with Crippen LogP contribution in [0.25, 0.3) is 0 Å². The van der Waals surface area contributed by atoms with Crippen LogP contribution in [-0.4, -0.2) is 23.9 Å². The molecule has 150 valence electrons. The second-order valence-electron chi connectivity index (χ2n) is 5.74. The monoisotopic (exact) mass is 498 g/mol. The molecule has 1 atom stereocenters. The minimum Gasteiger partial charge on any atom is -0.222 e. The average molecular weight is 498 g/mol. The minimum atomic E-state index is -6.66. The third kappa shape index (κ3) is 6.82. The molecule has 0 bridgehead atoms. The van der Waals surface area contributed by atoms with E-state index >= 15 is 0 Å². The molecule has 0 spiro atoms. The Labute approximate surface area is 154 Å². The van der Waals surface area contributed by atoms with Crippen LogP contribution < -0.4 is 0 Å². The lowest BCUT2D eigenvalue weighted by molar-refractivity contribution is -0.369. The lowest BCUT2D eigenvalue weighted by Gasteiger charge is -2.34. The third-order valence-corrected chi connectivity index (χ3v) is 4.45. The van der Waals surface area contributed by atoms with Gasteiger partial charge in [-0.25, -0.2) is 4.39 Å². The van der Waals surface area contributed by atoms with Gasteiger partial charge in [-0.15, -0.1) is 0 Å². The Kier molecular flexibility index (Phi) is 9.62. The van der Waals surface area contributed by atoms with E-state index in [1.807, 2.05) is 6.92 Å². The van der Waals surface area contributed by atoms with Crippen molar-refractivity contribution in [2.24, 2.45) is 0 Å². The number of unbranched alkanes of at least 4 members (excludes halogenated alkanes) is 6. The summed E-state index contributed by atoms with van der Waals surface area (Å²) < 4.78 is 114. The number of allylic oxidation sites excluding steroid dienone is 2. The fourth-order valence-corrected chi connectivity index (χ4v) is 2.91. The molecule has 25 heavy (non-hydrogen) atoms. The molecule has 0 N–H and O–H groups in total. The topological polar surface area (TPSA) is 0 Å². The van der Waals surface area contributed by atoms with Gasteiger partial charge in [-0.1, -0.05) is 45.4 Å².